The Labute approximate surface area is 208 Å². The molecule has 0 saturated heterocycles. The second-order valence-electron chi connectivity index (χ2n) is 7.44. The first kappa shape index (κ1) is 24.1. The smallest absolute Gasteiger partial charge is 0.354 e. The molecule has 13 heteroatoms. The number of carbonyl (C=O) groups excluding carboxylic acids is 1. The highest BCUT2D eigenvalue weighted by molar-refractivity contribution is 7.07. The van der Waals surface area contributed by atoms with Gasteiger partial charge in [0.05, 0.1) is 6.54 Å². The molecule has 0 unspecified atom stereocenters. The highest BCUT2D eigenvalue weighted by atomic mass is 35.5. The van der Waals surface area contributed by atoms with Crippen molar-refractivity contribution in [3.8, 4) is 10.9 Å². The molecule has 0 aliphatic heterocycles. The molecule has 4 aromatic rings. The number of aryl methyl sites for hydroxylation is 1. The van der Waals surface area contributed by atoms with E-state index in [1.54, 1.807) is 55.5 Å². The molecule has 0 saturated carbocycles. The summed E-state index contributed by atoms with van der Waals surface area (Å²) >= 11 is 7.11. The number of primary amides is 1. The van der Waals surface area contributed by atoms with Crippen LogP contribution in [0.5, 0.6) is 10.9 Å². The van der Waals surface area contributed by atoms with Crippen LogP contribution in [0.3, 0.4) is 0 Å². The van der Waals surface area contributed by atoms with Gasteiger partial charge in [-0.2, -0.15) is 14.3 Å². The van der Waals surface area contributed by atoms with E-state index in [1.165, 1.54) is 4.57 Å². The molecule has 2 aromatic heterocycles. The minimum atomic E-state index is -0.794. The van der Waals surface area contributed by atoms with Crippen LogP contribution in [0, 0.1) is 6.92 Å². The van der Waals surface area contributed by atoms with E-state index >= 15 is 0 Å². The van der Waals surface area contributed by atoms with E-state index < -0.39 is 17.3 Å². The van der Waals surface area contributed by atoms with Gasteiger partial charge in [0, 0.05) is 35.2 Å². The van der Waals surface area contributed by atoms with Crippen LogP contribution in [0.4, 0.5) is 11.6 Å². The fourth-order valence-corrected chi connectivity index (χ4v) is 3.79. The van der Waals surface area contributed by atoms with Gasteiger partial charge in [0.2, 0.25) is 11.9 Å². The Bertz CT molecular complexity index is 1460. The van der Waals surface area contributed by atoms with Crippen molar-refractivity contribution in [2.45, 2.75) is 26.4 Å². The number of amides is 1. The summed E-state index contributed by atoms with van der Waals surface area (Å²) in [6.07, 6.45) is -0.167. The zero-order valence-electron chi connectivity index (χ0n) is 18.5. The number of halogens is 1. The molecule has 0 aliphatic rings. The minimum Gasteiger partial charge on any atom is -0.430 e. The van der Waals surface area contributed by atoms with Crippen LogP contribution in [0.25, 0.3) is 0 Å². The highest BCUT2D eigenvalue weighted by Crippen LogP contribution is 2.25. The standard InChI is InChI=1S/C22H20ClN7O4S/c1-13-25-21(35-28-13)34-17-8-6-16(7-9-17)26-19-27-20(32)29(11-10-18(24)31)22(33)30(19)12-14-2-4-15(23)5-3-14/h2-9H,10-12H2,1H3,(H2,24,31)(H,26,27,32). The number of hydrogen-bond acceptors (Lipinski definition) is 9. The first-order valence-corrected chi connectivity index (χ1v) is 11.5. The van der Waals surface area contributed by atoms with E-state index in [-0.39, 0.29) is 25.5 Å². The lowest BCUT2D eigenvalue weighted by atomic mass is 10.2. The summed E-state index contributed by atoms with van der Waals surface area (Å²) in [5, 5.41) is 3.98. The van der Waals surface area contributed by atoms with Gasteiger partial charge < -0.3 is 15.8 Å². The molecule has 0 aliphatic carbocycles. The Kier molecular flexibility index (Phi) is 7.22. The average Bonchev–Trinajstić information content (AvgIpc) is 3.23. The molecule has 11 nitrogen and oxygen atoms in total. The lowest BCUT2D eigenvalue weighted by Crippen LogP contribution is -2.43. The van der Waals surface area contributed by atoms with Crippen molar-refractivity contribution in [3.05, 3.63) is 85.9 Å². The van der Waals surface area contributed by atoms with E-state index in [9.17, 15) is 14.4 Å². The molecule has 0 bridgehead atoms. The summed E-state index contributed by atoms with van der Waals surface area (Å²) in [5.74, 6) is 0.575. The Morgan fingerprint density at radius 2 is 1.80 bits per heavy atom. The van der Waals surface area contributed by atoms with Crippen molar-refractivity contribution in [3.63, 3.8) is 0 Å². The second kappa shape index (κ2) is 10.5. The molecule has 0 fully saturated rings. The third-order valence-electron chi connectivity index (χ3n) is 4.81. The second-order valence-corrected chi connectivity index (χ2v) is 8.59. The van der Waals surface area contributed by atoms with Crippen LogP contribution in [0.2, 0.25) is 5.02 Å². The SMILES string of the molecule is Cc1nsc(Oc2ccc(Nc3nc(=O)n(CCC(N)=O)c(=O)n3Cc3ccc(Cl)cc3)cc2)n1. The van der Waals surface area contributed by atoms with Crippen molar-refractivity contribution in [2.75, 3.05) is 5.32 Å². The summed E-state index contributed by atoms with van der Waals surface area (Å²) in [6.45, 7) is 1.71. The normalized spacial score (nSPS) is 10.8. The van der Waals surface area contributed by atoms with Crippen molar-refractivity contribution in [1.29, 1.82) is 0 Å². The van der Waals surface area contributed by atoms with Crippen LogP contribution in [-0.2, 0) is 17.9 Å². The molecule has 35 heavy (non-hydrogen) atoms. The Morgan fingerprint density at radius 1 is 1.09 bits per heavy atom. The van der Waals surface area contributed by atoms with Crippen LogP contribution in [0.1, 0.15) is 17.8 Å². The minimum absolute atomic E-state index is 0.0405. The maximum Gasteiger partial charge on any atom is 0.354 e. The van der Waals surface area contributed by atoms with E-state index in [0.29, 0.717) is 27.5 Å². The number of nitrogens with one attached hydrogen (secondary N) is 1. The molecule has 0 atom stereocenters. The van der Waals surface area contributed by atoms with Gasteiger partial charge in [0.15, 0.2) is 0 Å². The van der Waals surface area contributed by atoms with Gasteiger partial charge in [-0.05, 0) is 48.9 Å². The first-order chi connectivity index (χ1) is 16.8. The molecular formula is C22H20ClN7O4S. The van der Waals surface area contributed by atoms with Gasteiger partial charge in [0.1, 0.15) is 11.6 Å². The number of hydrogen-bond donors (Lipinski definition) is 2. The van der Waals surface area contributed by atoms with Gasteiger partial charge in [-0.25, -0.2) is 14.2 Å². The fourth-order valence-electron chi connectivity index (χ4n) is 3.11. The maximum absolute atomic E-state index is 13.2. The fraction of sp³-hybridized carbons (Fsp3) is 0.182. The van der Waals surface area contributed by atoms with Crippen molar-refractivity contribution >= 4 is 40.7 Å². The Hall–Kier alpha value is -4.03. The highest BCUT2D eigenvalue weighted by Gasteiger charge is 2.15. The number of rotatable bonds is 9. The summed E-state index contributed by atoms with van der Waals surface area (Å²) < 4.78 is 11.9. The topological polar surface area (TPSA) is 147 Å². The lowest BCUT2D eigenvalue weighted by Gasteiger charge is -2.15. The van der Waals surface area contributed by atoms with Crippen LogP contribution < -0.4 is 27.2 Å². The number of nitrogens with two attached hydrogens (primary N) is 1. The van der Waals surface area contributed by atoms with E-state index in [4.69, 9.17) is 22.1 Å². The van der Waals surface area contributed by atoms with Crippen LogP contribution in [0.15, 0.2) is 58.1 Å². The predicted octanol–water partition coefficient (Wildman–Crippen LogP) is 2.68. The largest absolute Gasteiger partial charge is 0.430 e. The molecule has 3 N–H and O–H groups in total. The van der Waals surface area contributed by atoms with Gasteiger partial charge in [0.25, 0.3) is 5.19 Å². The third kappa shape index (κ3) is 6.11. The monoisotopic (exact) mass is 513 g/mol. The zero-order valence-corrected chi connectivity index (χ0v) is 20.0. The zero-order chi connectivity index (χ0) is 24.9. The van der Waals surface area contributed by atoms with Gasteiger partial charge in [-0.3, -0.25) is 9.36 Å². The third-order valence-corrected chi connectivity index (χ3v) is 5.75. The van der Waals surface area contributed by atoms with Crippen molar-refractivity contribution < 1.29 is 9.53 Å². The summed E-state index contributed by atoms with van der Waals surface area (Å²) in [4.78, 5) is 45.1. The van der Waals surface area contributed by atoms with E-state index in [2.05, 4.69) is 19.7 Å². The molecule has 2 heterocycles. The Balaban J connectivity index is 1.64. The number of carbonyl (C=O) groups is 1. The first-order valence-electron chi connectivity index (χ1n) is 10.4. The molecule has 180 valence electrons. The van der Waals surface area contributed by atoms with Gasteiger partial charge in [-0.15, -0.1) is 0 Å². The molecule has 0 radical (unpaired) electrons. The summed E-state index contributed by atoms with van der Waals surface area (Å²) in [7, 11) is 0. The van der Waals surface area contributed by atoms with Crippen LogP contribution >= 0.6 is 23.1 Å². The Morgan fingerprint density at radius 3 is 2.43 bits per heavy atom. The van der Waals surface area contributed by atoms with Crippen LogP contribution in [-0.4, -0.2) is 29.4 Å². The van der Waals surface area contributed by atoms with Crippen molar-refractivity contribution in [2.24, 2.45) is 5.73 Å². The van der Waals surface area contributed by atoms with Gasteiger partial charge >= 0.3 is 11.4 Å². The molecular weight excluding hydrogens is 494 g/mol. The molecule has 4 rings (SSSR count). The average molecular weight is 514 g/mol. The quantitative estimate of drug-likeness (QED) is 0.347. The molecule has 1 amide bonds. The molecule has 0 spiro atoms. The predicted molar refractivity (Wildman–Crippen MR) is 132 cm³/mol. The number of ether oxygens (including phenoxy) is 1. The van der Waals surface area contributed by atoms with E-state index in [0.717, 1.165) is 21.7 Å². The molecule has 2 aromatic carbocycles. The lowest BCUT2D eigenvalue weighted by molar-refractivity contribution is -0.118. The number of nitrogens with zero attached hydrogens (tertiary/aromatic N) is 5. The van der Waals surface area contributed by atoms with E-state index in [1.807, 2.05) is 0 Å². The maximum atomic E-state index is 13.2. The number of anilines is 2. The number of aromatic nitrogens is 5. The summed E-state index contributed by atoms with van der Waals surface area (Å²) in [6, 6.07) is 13.7. The van der Waals surface area contributed by atoms with Gasteiger partial charge in [-0.1, -0.05) is 23.7 Å². The summed E-state index contributed by atoms with van der Waals surface area (Å²) in [5.41, 5.74) is 5.09. The van der Waals surface area contributed by atoms with Crippen molar-refractivity contribution in [1.82, 2.24) is 23.5 Å². The number of benzene rings is 2.